The zero-order valence-corrected chi connectivity index (χ0v) is 15.2. The van der Waals surface area contributed by atoms with Crippen LogP contribution in [0.5, 0.6) is 5.75 Å². The number of benzene rings is 3. The van der Waals surface area contributed by atoms with Gasteiger partial charge in [0.05, 0.1) is 11.1 Å². The molecule has 0 N–H and O–H groups in total. The van der Waals surface area contributed by atoms with Crippen molar-refractivity contribution in [2.75, 3.05) is 0 Å². The summed E-state index contributed by atoms with van der Waals surface area (Å²) in [6.45, 7) is 1.94. The van der Waals surface area contributed by atoms with Crippen LogP contribution in [0.2, 0.25) is 0 Å². The van der Waals surface area contributed by atoms with Crippen LogP contribution >= 0.6 is 0 Å². The number of aryl methyl sites for hydroxylation is 1. The quantitative estimate of drug-likeness (QED) is 0.269. The monoisotopic (exact) mass is 406 g/mol. The molecule has 0 aliphatic carbocycles. The second-order valence-corrected chi connectivity index (χ2v) is 6.36. The molecule has 0 heterocycles. The van der Waals surface area contributed by atoms with Crippen molar-refractivity contribution in [3.63, 3.8) is 0 Å². The number of hydrogen-bond donors (Lipinski definition) is 0. The summed E-state index contributed by atoms with van der Waals surface area (Å²) in [4.78, 5) is 12.2. The lowest BCUT2D eigenvalue weighted by Crippen LogP contribution is -2.11. The van der Waals surface area contributed by atoms with Gasteiger partial charge in [-0.25, -0.2) is 18.0 Å². The summed E-state index contributed by atoms with van der Waals surface area (Å²) in [5, 5.41) is -0.130. The van der Waals surface area contributed by atoms with Crippen LogP contribution in [0.4, 0.5) is 22.0 Å². The Bertz CT molecular complexity index is 1120. The maximum Gasteiger partial charge on any atom is 0.346 e. The normalized spacial score (nSPS) is 10.8. The molecule has 2 nitrogen and oxygen atoms in total. The predicted molar refractivity (Wildman–Crippen MR) is 99.4 cm³/mol. The number of hydrogen-bond acceptors (Lipinski definition) is 2. The molecule has 0 amide bonds. The minimum absolute atomic E-state index is 0.000446. The van der Waals surface area contributed by atoms with Gasteiger partial charge >= 0.3 is 5.97 Å². The van der Waals surface area contributed by atoms with E-state index in [0.717, 1.165) is 18.1 Å². The van der Waals surface area contributed by atoms with Gasteiger partial charge in [0.1, 0.15) is 23.2 Å². The van der Waals surface area contributed by atoms with Crippen molar-refractivity contribution < 1.29 is 31.5 Å². The van der Waals surface area contributed by atoms with Crippen LogP contribution in [0.15, 0.2) is 48.5 Å². The van der Waals surface area contributed by atoms with Crippen molar-refractivity contribution >= 4 is 22.8 Å². The first-order valence-corrected chi connectivity index (χ1v) is 8.75. The molecule has 3 aromatic rings. The lowest BCUT2D eigenvalue weighted by molar-refractivity contribution is 0.0730. The van der Waals surface area contributed by atoms with Crippen LogP contribution in [0.1, 0.15) is 34.8 Å². The zero-order valence-electron chi connectivity index (χ0n) is 15.2. The first kappa shape index (κ1) is 20.5. The molecule has 0 spiro atoms. The van der Waals surface area contributed by atoms with E-state index in [1.807, 2.05) is 6.92 Å². The minimum Gasteiger partial charge on any atom is -0.423 e. The molecule has 7 heteroatoms. The smallest absolute Gasteiger partial charge is 0.346 e. The number of esters is 1. The molecule has 0 aliphatic heterocycles. The molecule has 150 valence electrons. The number of carbonyl (C=O) groups is 1. The lowest BCUT2D eigenvalue weighted by Gasteiger charge is -2.09. The zero-order chi connectivity index (χ0) is 21.1. The summed E-state index contributed by atoms with van der Waals surface area (Å²) in [7, 11) is 0. The van der Waals surface area contributed by atoms with E-state index in [1.54, 1.807) is 6.07 Å². The third-order valence-corrected chi connectivity index (χ3v) is 4.29. The SMILES string of the molecule is CCCc1ccc(C(=O)Oc2ccc3c(F)c(C=C(F)F)c(F)cc3c2)c(F)c1. The Kier molecular flexibility index (Phi) is 5.96. The molecule has 0 atom stereocenters. The van der Waals surface area contributed by atoms with Gasteiger partial charge in [0.2, 0.25) is 0 Å². The third kappa shape index (κ3) is 4.45. The highest BCUT2D eigenvalue weighted by atomic mass is 19.3. The minimum atomic E-state index is -2.24. The van der Waals surface area contributed by atoms with Gasteiger partial charge in [-0.15, -0.1) is 0 Å². The van der Waals surface area contributed by atoms with Crippen molar-refractivity contribution in [3.05, 3.63) is 82.7 Å². The summed E-state index contributed by atoms with van der Waals surface area (Å²) < 4.78 is 72.4. The highest BCUT2D eigenvalue weighted by Gasteiger charge is 2.17. The van der Waals surface area contributed by atoms with Crippen LogP contribution < -0.4 is 4.74 Å². The molecule has 0 fully saturated rings. The van der Waals surface area contributed by atoms with Crippen molar-refractivity contribution in [1.82, 2.24) is 0 Å². The molecule has 0 aromatic heterocycles. The molecule has 3 rings (SSSR count). The van der Waals surface area contributed by atoms with E-state index in [0.29, 0.717) is 6.42 Å². The first-order valence-electron chi connectivity index (χ1n) is 8.75. The molecule has 0 bridgehead atoms. The highest BCUT2D eigenvalue weighted by molar-refractivity contribution is 5.93. The second kappa shape index (κ2) is 8.43. The van der Waals surface area contributed by atoms with E-state index in [4.69, 9.17) is 4.74 Å². The fraction of sp³-hybridized carbons (Fsp3) is 0.136. The average Bonchev–Trinajstić information content (AvgIpc) is 2.65. The van der Waals surface area contributed by atoms with Crippen LogP contribution in [0.25, 0.3) is 16.8 Å². The van der Waals surface area contributed by atoms with Gasteiger partial charge < -0.3 is 4.74 Å². The number of halogens is 5. The standard InChI is InChI=1S/C22H15F5O2/c1-2-3-12-4-6-16(18(23)8-12)22(28)29-14-5-7-15-13(9-14)10-19(24)17(21(15)27)11-20(25)26/h4-11H,2-3H2,1H3. The van der Waals surface area contributed by atoms with Gasteiger partial charge in [0, 0.05) is 11.5 Å². The number of carbonyl (C=O) groups excluding carboxylic acids is 1. The van der Waals surface area contributed by atoms with E-state index in [-0.39, 0.29) is 28.2 Å². The van der Waals surface area contributed by atoms with Crippen LogP contribution in [-0.2, 0) is 6.42 Å². The fourth-order valence-electron chi connectivity index (χ4n) is 2.96. The maximum atomic E-state index is 14.3. The molecule has 0 aliphatic rings. The van der Waals surface area contributed by atoms with Gasteiger partial charge in [-0.3, -0.25) is 0 Å². The molecule has 29 heavy (non-hydrogen) atoms. The Balaban J connectivity index is 1.91. The van der Waals surface area contributed by atoms with Crippen LogP contribution in [0.3, 0.4) is 0 Å². The number of fused-ring (bicyclic) bond motifs is 1. The predicted octanol–water partition coefficient (Wildman–Crippen LogP) is 6.67. The second-order valence-electron chi connectivity index (χ2n) is 6.36. The highest BCUT2D eigenvalue weighted by Crippen LogP contribution is 2.29. The maximum absolute atomic E-state index is 14.3. The van der Waals surface area contributed by atoms with E-state index >= 15 is 0 Å². The van der Waals surface area contributed by atoms with Gasteiger partial charge in [-0.1, -0.05) is 19.4 Å². The van der Waals surface area contributed by atoms with Crippen LogP contribution in [-0.4, -0.2) is 5.97 Å². The topological polar surface area (TPSA) is 26.3 Å². The Morgan fingerprint density at radius 2 is 1.76 bits per heavy atom. The van der Waals surface area contributed by atoms with E-state index in [2.05, 4.69) is 0 Å². The van der Waals surface area contributed by atoms with Gasteiger partial charge in [-0.2, -0.15) is 8.78 Å². The van der Waals surface area contributed by atoms with Crippen molar-refractivity contribution in [3.8, 4) is 5.75 Å². The Morgan fingerprint density at radius 1 is 1.00 bits per heavy atom. The van der Waals surface area contributed by atoms with Gasteiger partial charge in [0.15, 0.2) is 0 Å². The molecular weight excluding hydrogens is 391 g/mol. The largest absolute Gasteiger partial charge is 0.423 e. The van der Waals surface area contributed by atoms with Crippen molar-refractivity contribution in [1.29, 1.82) is 0 Å². The van der Waals surface area contributed by atoms with E-state index in [1.165, 1.54) is 30.3 Å². The van der Waals surface area contributed by atoms with E-state index < -0.39 is 35.1 Å². The Hall–Kier alpha value is -3.22. The summed E-state index contributed by atoms with van der Waals surface area (Å²) in [6, 6.07) is 8.59. The summed E-state index contributed by atoms with van der Waals surface area (Å²) in [6.07, 6.45) is -0.650. The molecule has 0 unspecified atom stereocenters. The first-order chi connectivity index (χ1) is 13.8. The summed E-state index contributed by atoms with van der Waals surface area (Å²) >= 11 is 0. The van der Waals surface area contributed by atoms with Gasteiger partial charge in [0.25, 0.3) is 6.08 Å². The lowest BCUT2D eigenvalue weighted by atomic mass is 10.0. The van der Waals surface area contributed by atoms with Gasteiger partial charge in [-0.05, 0) is 53.8 Å². The fourth-order valence-corrected chi connectivity index (χ4v) is 2.96. The van der Waals surface area contributed by atoms with E-state index in [9.17, 15) is 26.7 Å². The molecule has 0 radical (unpaired) electrons. The van der Waals surface area contributed by atoms with Crippen molar-refractivity contribution in [2.24, 2.45) is 0 Å². The van der Waals surface area contributed by atoms with Crippen LogP contribution in [0, 0.1) is 17.5 Å². The third-order valence-electron chi connectivity index (χ3n) is 4.29. The molecular formula is C22H15F5O2. The average molecular weight is 406 g/mol. The number of ether oxygens (including phenoxy) is 1. The molecule has 0 saturated heterocycles. The molecule has 3 aromatic carbocycles. The Morgan fingerprint density at radius 3 is 2.41 bits per heavy atom. The summed E-state index contributed by atoms with van der Waals surface area (Å²) in [5.74, 6) is -4.13. The molecule has 0 saturated carbocycles. The van der Waals surface area contributed by atoms with Crippen molar-refractivity contribution in [2.45, 2.75) is 19.8 Å². The number of rotatable bonds is 5. The summed E-state index contributed by atoms with van der Waals surface area (Å²) in [5.41, 5.74) is -0.398. The Labute approximate surface area is 163 Å².